The van der Waals surface area contributed by atoms with Gasteiger partial charge in [0.25, 0.3) is 0 Å². The van der Waals surface area contributed by atoms with Crippen molar-refractivity contribution in [1.82, 2.24) is 9.97 Å². The quantitative estimate of drug-likeness (QED) is 0.475. The topological polar surface area (TPSA) is 41.1 Å². The van der Waals surface area contributed by atoms with E-state index in [4.69, 9.17) is 0 Å². The van der Waals surface area contributed by atoms with Crippen molar-refractivity contribution in [1.29, 1.82) is 0 Å². The number of halogens is 4. The van der Waals surface area contributed by atoms with E-state index in [1.54, 1.807) is 0 Å². The number of hydrogen-bond acceptors (Lipinski definition) is 4. The molecule has 2 heterocycles. The third kappa shape index (κ3) is 5.41. The van der Waals surface area contributed by atoms with E-state index in [0.717, 1.165) is 49.3 Å². The van der Waals surface area contributed by atoms with E-state index >= 15 is 4.39 Å². The fraction of sp³-hybridized carbons (Fsp3) is 0.600. The molecule has 2 aromatic rings. The summed E-state index contributed by atoms with van der Waals surface area (Å²) in [4.78, 5) is 10.2. The molecule has 8 heteroatoms. The second-order valence-electron chi connectivity index (χ2n) is 9.74. The lowest BCUT2D eigenvalue weighted by molar-refractivity contribution is -0.137. The fourth-order valence-electron chi connectivity index (χ4n) is 5.25. The number of anilines is 2. The first kappa shape index (κ1) is 23.8. The van der Waals surface area contributed by atoms with E-state index in [1.165, 1.54) is 31.3 Å². The molecule has 1 saturated heterocycles. The van der Waals surface area contributed by atoms with Crippen molar-refractivity contribution in [3.8, 4) is 0 Å². The normalized spacial score (nSPS) is 23.8. The Bertz CT molecular complexity index is 921. The lowest BCUT2D eigenvalue weighted by Gasteiger charge is -2.31. The molecule has 2 aliphatic rings. The minimum absolute atomic E-state index is 0.198. The average Bonchev–Trinajstić information content (AvgIpc) is 3.28. The molecule has 1 unspecified atom stereocenters. The minimum Gasteiger partial charge on any atom is -0.367 e. The molecule has 2 fully saturated rings. The highest BCUT2D eigenvalue weighted by Gasteiger charge is 2.33. The molecule has 4 nitrogen and oxygen atoms in total. The molecule has 0 amide bonds. The summed E-state index contributed by atoms with van der Waals surface area (Å²) in [6.45, 7) is 5.83. The van der Waals surface area contributed by atoms with Gasteiger partial charge in [-0.05, 0) is 74.0 Å². The molecule has 1 aliphatic heterocycles. The van der Waals surface area contributed by atoms with E-state index in [9.17, 15) is 13.2 Å². The standard InChI is InChI=1S/C25H32F4N4/c1-16(2)18-7-5-17(6-8-18)14-30-23-22(26)24(32-15-31-23)33-13-3-4-21(33)19-9-11-20(12-10-19)25(27,28)29/h9-12,15-18,21H,3-8,13-14H2,1-2H3,(H,30,31,32). The first-order valence-electron chi connectivity index (χ1n) is 11.9. The highest BCUT2D eigenvalue weighted by molar-refractivity contribution is 5.53. The molecule has 1 atom stereocenters. The van der Waals surface area contributed by atoms with Gasteiger partial charge in [0.05, 0.1) is 11.6 Å². The van der Waals surface area contributed by atoms with Crippen LogP contribution in [0.5, 0.6) is 0 Å². The maximum Gasteiger partial charge on any atom is 0.416 e. The molecule has 1 aromatic carbocycles. The van der Waals surface area contributed by atoms with Crippen LogP contribution in [0.15, 0.2) is 30.6 Å². The van der Waals surface area contributed by atoms with Crippen LogP contribution in [0.2, 0.25) is 0 Å². The lowest BCUT2D eigenvalue weighted by Crippen LogP contribution is -2.26. The van der Waals surface area contributed by atoms with Gasteiger partial charge in [-0.1, -0.05) is 26.0 Å². The van der Waals surface area contributed by atoms with Crippen LogP contribution in [0, 0.1) is 23.6 Å². The first-order valence-corrected chi connectivity index (χ1v) is 11.9. The van der Waals surface area contributed by atoms with Gasteiger partial charge in [0.15, 0.2) is 11.6 Å². The molecule has 0 bridgehead atoms. The summed E-state index contributed by atoms with van der Waals surface area (Å²) >= 11 is 0. The molecule has 1 N–H and O–H groups in total. The highest BCUT2D eigenvalue weighted by Crippen LogP contribution is 2.39. The van der Waals surface area contributed by atoms with Gasteiger partial charge in [-0.3, -0.25) is 0 Å². The van der Waals surface area contributed by atoms with Crippen molar-refractivity contribution in [2.75, 3.05) is 23.3 Å². The van der Waals surface area contributed by atoms with Gasteiger partial charge in [-0.25, -0.2) is 9.97 Å². The predicted molar refractivity (Wildman–Crippen MR) is 122 cm³/mol. The zero-order valence-corrected chi connectivity index (χ0v) is 19.2. The predicted octanol–water partition coefficient (Wildman–Crippen LogP) is 6.85. The van der Waals surface area contributed by atoms with Crippen LogP contribution < -0.4 is 10.2 Å². The van der Waals surface area contributed by atoms with E-state index in [0.29, 0.717) is 24.9 Å². The first-order chi connectivity index (χ1) is 15.7. The van der Waals surface area contributed by atoms with Gasteiger partial charge in [-0.2, -0.15) is 17.6 Å². The van der Waals surface area contributed by atoms with Gasteiger partial charge < -0.3 is 10.2 Å². The van der Waals surface area contributed by atoms with Crippen LogP contribution in [-0.2, 0) is 6.18 Å². The van der Waals surface area contributed by atoms with Crippen molar-refractivity contribution < 1.29 is 17.6 Å². The summed E-state index contributed by atoms with van der Waals surface area (Å²) < 4.78 is 54.1. The number of alkyl halides is 3. The van der Waals surface area contributed by atoms with Gasteiger partial charge in [0.1, 0.15) is 6.33 Å². The Morgan fingerprint density at radius 1 is 1.03 bits per heavy atom. The molecule has 33 heavy (non-hydrogen) atoms. The monoisotopic (exact) mass is 464 g/mol. The van der Waals surface area contributed by atoms with Crippen molar-refractivity contribution >= 4 is 11.6 Å². The summed E-state index contributed by atoms with van der Waals surface area (Å²) in [5.74, 6) is 1.90. The molecule has 1 aromatic heterocycles. The van der Waals surface area contributed by atoms with Crippen molar-refractivity contribution in [3.63, 3.8) is 0 Å². The Morgan fingerprint density at radius 3 is 2.36 bits per heavy atom. The van der Waals surface area contributed by atoms with Crippen molar-refractivity contribution in [2.24, 2.45) is 17.8 Å². The third-order valence-electron chi connectivity index (χ3n) is 7.31. The summed E-state index contributed by atoms with van der Waals surface area (Å²) in [7, 11) is 0. The molecule has 180 valence electrons. The van der Waals surface area contributed by atoms with Gasteiger partial charge >= 0.3 is 6.18 Å². The van der Waals surface area contributed by atoms with Crippen LogP contribution in [0.4, 0.5) is 29.2 Å². The smallest absolute Gasteiger partial charge is 0.367 e. The zero-order valence-electron chi connectivity index (χ0n) is 19.2. The average molecular weight is 465 g/mol. The summed E-state index contributed by atoms with van der Waals surface area (Å²) in [5, 5.41) is 3.19. The van der Waals surface area contributed by atoms with E-state index in [2.05, 4.69) is 29.1 Å². The van der Waals surface area contributed by atoms with E-state index in [1.807, 2.05) is 4.90 Å². The van der Waals surface area contributed by atoms with Crippen LogP contribution in [0.3, 0.4) is 0 Å². The van der Waals surface area contributed by atoms with E-state index < -0.39 is 17.6 Å². The summed E-state index contributed by atoms with van der Waals surface area (Å²) in [5.41, 5.74) is 0.0489. The SMILES string of the molecule is CC(C)C1CCC(CNc2ncnc(N3CCCC3c3ccc(C(F)(F)F)cc3)c2F)CC1. The second-order valence-corrected chi connectivity index (χ2v) is 9.74. The molecular weight excluding hydrogens is 432 g/mol. The number of benzene rings is 1. The molecule has 4 rings (SSSR count). The van der Waals surface area contributed by atoms with Crippen molar-refractivity contribution in [3.05, 3.63) is 47.5 Å². The Kier molecular flexibility index (Phi) is 7.10. The van der Waals surface area contributed by atoms with Crippen molar-refractivity contribution in [2.45, 2.75) is 64.6 Å². The number of nitrogens with one attached hydrogen (secondary N) is 1. The molecule has 0 spiro atoms. The summed E-state index contributed by atoms with van der Waals surface area (Å²) in [6, 6.07) is 4.93. The van der Waals surface area contributed by atoms with Gasteiger partial charge in [0.2, 0.25) is 5.82 Å². The van der Waals surface area contributed by atoms with E-state index in [-0.39, 0.29) is 17.7 Å². The number of aromatic nitrogens is 2. The minimum atomic E-state index is -4.37. The Balaban J connectivity index is 1.44. The van der Waals surface area contributed by atoms with Crippen LogP contribution in [-0.4, -0.2) is 23.1 Å². The maximum absolute atomic E-state index is 15.4. The number of rotatable bonds is 6. The Hall–Kier alpha value is -2.38. The Morgan fingerprint density at radius 2 is 1.73 bits per heavy atom. The number of hydrogen-bond donors (Lipinski definition) is 1. The third-order valence-corrected chi connectivity index (χ3v) is 7.31. The van der Waals surface area contributed by atoms with Crippen LogP contribution in [0.1, 0.15) is 69.5 Å². The maximum atomic E-state index is 15.4. The molecule has 1 aliphatic carbocycles. The van der Waals surface area contributed by atoms with Gasteiger partial charge in [0, 0.05) is 13.1 Å². The Labute approximate surface area is 192 Å². The number of nitrogens with zero attached hydrogens (tertiary/aromatic N) is 3. The zero-order chi connectivity index (χ0) is 23.6. The summed E-state index contributed by atoms with van der Waals surface area (Å²) in [6.07, 6.45) is 3.23. The second kappa shape index (κ2) is 9.85. The molecular formula is C25H32F4N4. The molecule has 1 saturated carbocycles. The lowest BCUT2D eigenvalue weighted by atomic mass is 9.77. The fourth-order valence-corrected chi connectivity index (χ4v) is 5.25. The van der Waals surface area contributed by atoms with Crippen LogP contribution >= 0.6 is 0 Å². The highest BCUT2D eigenvalue weighted by atomic mass is 19.4. The van der Waals surface area contributed by atoms with Gasteiger partial charge in [-0.15, -0.1) is 0 Å². The molecule has 0 radical (unpaired) electrons. The largest absolute Gasteiger partial charge is 0.416 e. The van der Waals surface area contributed by atoms with Crippen LogP contribution in [0.25, 0.3) is 0 Å².